The number of hydrogen-bond donors (Lipinski definition) is 3. The first-order valence-electron chi connectivity index (χ1n) is 5.54. The van der Waals surface area contributed by atoms with Crippen molar-refractivity contribution in [1.82, 2.24) is 5.32 Å². The van der Waals surface area contributed by atoms with Crippen LogP contribution in [0.25, 0.3) is 0 Å². The standard InChI is InChI=1S/C12H17N3O2/c13-8-4-7-11(16)14-9-12(17)15-10-5-2-1-3-6-10/h1-3,5-6H,4,7-9,13H2,(H,14,16)(H,15,17). The van der Waals surface area contributed by atoms with Gasteiger partial charge in [0.2, 0.25) is 11.8 Å². The number of anilines is 1. The van der Waals surface area contributed by atoms with Crippen molar-refractivity contribution in [2.24, 2.45) is 5.73 Å². The Bertz CT molecular complexity index is 365. The Morgan fingerprint density at radius 2 is 1.82 bits per heavy atom. The van der Waals surface area contributed by atoms with Gasteiger partial charge in [0.25, 0.3) is 0 Å². The first-order valence-corrected chi connectivity index (χ1v) is 5.54. The molecule has 92 valence electrons. The zero-order chi connectivity index (χ0) is 12.5. The lowest BCUT2D eigenvalue weighted by molar-refractivity contribution is -0.124. The van der Waals surface area contributed by atoms with Crippen molar-refractivity contribution in [2.75, 3.05) is 18.4 Å². The van der Waals surface area contributed by atoms with Gasteiger partial charge in [0, 0.05) is 12.1 Å². The van der Waals surface area contributed by atoms with Gasteiger partial charge in [-0.2, -0.15) is 0 Å². The molecule has 0 saturated heterocycles. The second-order valence-electron chi connectivity index (χ2n) is 3.58. The largest absolute Gasteiger partial charge is 0.347 e. The molecule has 0 spiro atoms. The maximum atomic E-state index is 11.4. The van der Waals surface area contributed by atoms with E-state index in [0.717, 1.165) is 0 Å². The first-order chi connectivity index (χ1) is 8.22. The van der Waals surface area contributed by atoms with Crippen molar-refractivity contribution in [3.8, 4) is 0 Å². The molecule has 1 aromatic rings. The molecule has 17 heavy (non-hydrogen) atoms. The molecule has 0 bridgehead atoms. The van der Waals surface area contributed by atoms with Crippen molar-refractivity contribution in [3.63, 3.8) is 0 Å². The molecule has 0 radical (unpaired) electrons. The summed E-state index contributed by atoms with van der Waals surface area (Å²) in [4.78, 5) is 22.7. The van der Waals surface area contributed by atoms with Crippen molar-refractivity contribution in [1.29, 1.82) is 0 Å². The Balaban J connectivity index is 2.24. The molecule has 4 N–H and O–H groups in total. The van der Waals surface area contributed by atoms with Gasteiger partial charge in [-0.05, 0) is 25.1 Å². The smallest absolute Gasteiger partial charge is 0.243 e. The zero-order valence-electron chi connectivity index (χ0n) is 9.61. The molecule has 0 unspecified atom stereocenters. The maximum Gasteiger partial charge on any atom is 0.243 e. The molecular weight excluding hydrogens is 218 g/mol. The van der Waals surface area contributed by atoms with Crippen LogP contribution in [0, 0.1) is 0 Å². The van der Waals surface area contributed by atoms with Crippen LogP contribution in [0.5, 0.6) is 0 Å². The lowest BCUT2D eigenvalue weighted by Crippen LogP contribution is -2.32. The lowest BCUT2D eigenvalue weighted by atomic mass is 10.3. The van der Waals surface area contributed by atoms with E-state index in [1.807, 2.05) is 18.2 Å². The normalized spacial score (nSPS) is 9.71. The highest BCUT2D eigenvalue weighted by atomic mass is 16.2. The van der Waals surface area contributed by atoms with Gasteiger partial charge < -0.3 is 16.4 Å². The molecule has 0 aliphatic rings. The molecule has 1 rings (SSSR count). The van der Waals surface area contributed by atoms with E-state index in [2.05, 4.69) is 10.6 Å². The second-order valence-corrected chi connectivity index (χ2v) is 3.58. The van der Waals surface area contributed by atoms with Gasteiger partial charge in [0.15, 0.2) is 0 Å². The summed E-state index contributed by atoms with van der Waals surface area (Å²) in [6.07, 6.45) is 0.987. The van der Waals surface area contributed by atoms with Crippen LogP contribution < -0.4 is 16.4 Å². The van der Waals surface area contributed by atoms with Crippen LogP contribution in [-0.4, -0.2) is 24.9 Å². The summed E-state index contributed by atoms with van der Waals surface area (Å²) in [6.45, 7) is 0.460. The van der Waals surface area contributed by atoms with Crippen LogP contribution in [0.2, 0.25) is 0 Å². The number of amides is 2. The van der Waals surface area contributed by atoms with Crippen LogP contribution in [0.3, 0.4) is 0 Å². The van der Waals surface area contributed by atoms with Crippen LogP contribution in [-0.2, 0) is 9.59 Å². The number of carbonyl (C=O) groups excluding carboxylic acids is 2. The predicted molar refractivity (Wildman–Crippen MR) is 66.4 cm³/mol. The van der Waals surface area contributed by atoms with Crippen LogP contribution >= 0.6 is 0 Å². The summed E-state index contributed by atoms with van der Waals surface area (Å²) in [6, 6.07) is 9.09. The Kier molecular flexibility index (Phi) is 5.74. The fraction of sp³-hybridized carbons (Fsp3) is 0.333. The molecule has 2 amide bonds. The number of carbonyl (C=O) groups is 2. The highest BCUT2D eigenvalue weighted by Crippen LogP contribution is 2.03. The van der Waals surface area contributed by atoms with E-state index in [-0.39, 0.29) is 18.4 Å². The number of hydrogen-bond acceptors (Lipinski definition) is 3. The highest BCUT2D eigenvalue weighted by Gasteiger charge is 2.04. The molecule has 1 aromatic carbocycles. The molecule has 5 heteroatoms. The molecule has 0 aromatic heterocycles. The van der Waals surface area contributed by atoms with E-state index in [1.54, 1.807) is 12.1 Å². The molecule has 0 fully saturated rings. The number of para-hydroxylation sites is 1. The molecule has 0 aliphatic carbocycles. The van der Waals surface area contributed by atoms with E-state index < -0.39 is 0 Å². The van der Waals surface area contributed by atoms with Gasteiger partial charge in [-0.15, -0.1) is 0 Å². The molecule has 0 saturated carbocycles. The second kappa shape index (κ2) is 7.40. The van der Waals surface area contributed by atoms with Gasteiger partial charge in [0.05, 0.1) is 6.54 Å². The van der Waals surface area contributed by atoms with Gasteiger partial charge in [-0.1, -0.05) is 18.2 Å². The van der Waals surface area contributed by atoms with E-state index in [0.29, 0.717) is 25.1 Å². The topological polar surface area (TPSA) is 84.2 Å². The minimum atomic E-state index is -0.239. The summed E-state index contributed by atoms with van der Waals surface area (Å²) in [7, 11) is 0. The van der Waals surface area contributed by atoms with Crippen LogP contribution in [0.15, 0.2) is 30.3 Å². The fourth-order valence-corrected chi connectivity index (χ4v) is 1.26. The zero-order valence-corrected chi connectivity index (χ0v) is 9.61. The summed E-state index contributed by atoms with van der Waals surface area (Å²) >= 11 is 0. The third kappa shape index (κ3) is 5.67. The Labute approximate surface area is 100 Å². The molecule has 0 atom stereocenters. The summed E-state index contributed by atoms with van der Waals surface area (Å²) in [5, 5.41) is 5.21. The minimum absolute atomic E-state index is 0.0156. The van der Waals surface area contributed by atoms with Gasteiger partial charge in [0.1, 0.15) is 0 Å². The van der Waals surface area contributed by atoms with Gasteiger partial charge in [-0.25, -0.2) is 0 Å². The Morgan fingerprint density at radius 1 is 1.12 bits per heavy atom. The summed E-state index contributed by atoms with van der Waals surface area (Å²) < 4.78 is 0. The van der Waals surface area contributed by atoms with E-state index in [1.165, 1.54) is 0 Å². The fourth-order valence-electron chi connectivity index (χ4n) is 1.26. The maximum absolute atomic E-state index is 11.4. The van der Waals surface area contributed by atoms with Crippen molar-refractivity contribution in [2.45, 2.75) is 12.8 Å². The lowest BCUT2D eigenvalue weighted by Gasteiger charge is -2.06. The summed E-state index contributed by atoms with van der Waals surface area (Å²) in [5.41, 5.74) is 5.99. The highest BCUT2D eigenvalue weighted by molar-refractivity contribution is 5.94. The van der Waals surface area contributed by atoms with Crippen molar-refractivity contribution >= 4 is 17.5 Å². The van der Waals surface area contributed by atoms with Gasteiger partial charge >= 0.3 is 0 Å². The number of nitrogens with one attached hydrogen (secondary N) is 2. The Morgan fingerprint density at radius 3 is 2.47 bits per heavy atom. The van der Waals surface area contributed by atoms with E-state index >= 15 is 0 Å². The quantitative estimate of drug-likeness (QED) is 0.670. The third-order valence-corrected chi connectivity index (χ3v) is 2.11. The number of benzene rings is 1. The first kappa shape index (κ1) is 13.2. The van der Waals surface area contributed by atoms with Crippen molar-refractivity contribution in [3.05, 3.63) is 30.3 Å². The van der Waals surface area contributed by atoms with E-state index in [4.69, 9.17) is 5.73 Å². The van der Waals surface area contributed by atoms with Gasteiger partial charge in [-0.3, -0.25) is 9.59 Å². The molecule has 0 heterocycles. The monoisotopic (exact) mass is 235 g/mol. The number of rotatable bonds is 6. The molecule has 0 aliphatic heterocycles. The molecular formula is C12H17N3O2. The summed E-state index contributed by atoms with van der Waals surface area (Å²) in [5.74, 6) is -0.393. The average Bonchev–Trinajstić information content (AvgIpc) is 2.35. The average molecular weight is 235 g/mol. The van der Waals surface area contributed by atoms with Crippen LogP contribution in [0.1, 0.15) is 12.8 Å². The Hall–Kier alpha value is -1.88. The SMILES string of the molecule is NCCCC(=O)NCC(=O)Nc1ccccc1. The third-order valence-electron chi connectivity index (χ3n) is 2.11. The predicted octanol–water partition coefficient (Wildman–Crippen LogP) is 0.480. The number of nitrogens with two attached hydrogens (primary N) is 1. The van der Waals surface area contributed by atoms with E-state index in [9.17, 15) is 9.59 Å². The van der Waals surface area contributed by atoms with Crippen LogP contribution in [0.4, 0.5) is 5.69 Å². The van der Waals surface area contributed by atoms with Crippen molar-refractivity contribution < 1.29 is 9.59 Å². The minimum Gasteiger partial charge on any atom is -0.347 e. The molecule has 5 nitrogen and oxygen atoms in total.